The van der Waals surface area contributed by atoms with Crippen molar-refractivity contribution in [3.05, 3.63) is 41.8 Å². The number of methoxy groups -OCH3 is 1. The van der Waals surface area contributed by atoms with Gasteiger partial charge in [0.1, 0.15) is 16.8 Å². The first kappa shape index (κ1) is 18.8. The molecule has 2 heterocycles. The van der Waals surface area contributed by atoms with Gasteiger partial charge in [0.25, 0.3) is 5.91 Å². The highest BCUT2D eigenvalue weighted by atomic mass is 32.2. The number of carbonyl (C=O) groups excluding carboxylic acids is 1. The van der Waals surface area contributed by atoms with Gasteiger partial charge in [0.2, 0.25) is 5.88 Å². The molecular formula is C17H18FN5O3S. The minimum absolute atomic E-state index is 0.173. The molecule has 0 aliphatic heterocycles. The molecule has 2 aromatic heterocycles. The van der Waals surface area contributed by atoms with Crippen molar-refractivity contribution in [1.82, 2.24) is 15.2 Å². The van der Waals surface area contributed by atoms with Crippen LogP contribution in [0.4, 0.5) is 15.8 Å². The van der Waals surface area contributed by atoms with E-state index in [-0.39, 0.29) is 5.56 Å². The standard InChI is InChI=1S/C17H18FN5O3S/c1-3-6-27(25)23-10-4-5-14(18)12(7-10)16(24)20-11-8-13-15(19-9-11)21-22-17(13)26-2/h4-5,7-9,23H,3,6H2,1-2H3,(H,20,24)(H,19,21,22). The zero-order chi connectivity index (χ0) is 19.4. The van der Waals surface area contributed by atoms with Crippen LogP contribution in [0.3, 0.4) is 0 Å². The minimum Gasteiger partial charge on any atom is -0.479 e. The summed E-state index contributed by atoms with van der Waals surface area (Å²) in [6.45, 7) is 1.91. The Hall–Kier alpha value is -3.01. The Kier molecular flexibility index (Phi) is 5.65. The van der Waals surface area contributed by atoms with E-state index in [4.69, 9.17) is 4.74 Å². The number of ether oxygens (including phenoxy) is 1. The number of benzene rings is 1. The fraction of sp³-hybridized carbons (Fsp3) is 0.235. The third-order valence-corrected chi connectivity index (χ3v) is 4.91. The Morgan fingerprint density at radius 2 is 2.15 bits per heavy atom. The van der Waals surface area contributed by atoms with Crippen molar-refractivity contribution >= 4 is 39.3 Å². The number of nitrogens with one attached hydrogen (secondary N) is 3. The molecule has 10 heteroatoms. The van der Waals surface area contributed by atoms with Crippen molar-refractivity contribution in [3.63, 3.8) is 0 Å². The first-order valence-corrected chi connectivity index (χ1v) is 9.47. The van der Waals surface area contributed by atoms with Gasteiger partial charge in [-0.2, -0.15) is 0 Å². The Morgan fingerprint density at radius 1 is 1.33 bits per heavy atom. The Bertz CT molecular complexity index is 1010. The highest BCUT2D eigenvalue weighted by Gasteiger charge is 2.15. The smallest absolute Gasteiger partial charge is 0.258 e. The van der Waals surface area contributed by atoms with E-state index in [9.17, 15) is 13.4 Å². The first-order chi connectivity index (χ1) is 13.0. The van der Waals surface area contributed by atoms with Gasteiger partial charge >= 0.3 is 0 Å². The molecule has 0 saturated carbocycles. The largest absolute Gasteiger partial charge is 0.479 e. The third-order valence-electron chi connectivity index (χ3n) is 3.66. The van der Waals surface area contributed by atoms with Gasteiger partial charge in [-0.05, 0) is 30.7 Å². The minimum atomic E-state index is -1.29. The number of nitrogens with zero attached hydrogens (tertiary/aromatic N) is 2. The molecule has 1 aromatic carbocycles. The quantitative estimate of drug-likeness (QED) is 0.574. The van der Waals surface area contributed by atoms with Crippen molar-refractivity contribution < 1.29 is 18.1 Å². The summed E-state index contributed by atoms with van der Waals surface area (Å²) in [7, 11) is 0.179. The highest BCUT2D eigenvalue weighted by molar-refractivity contribution is 7.86. The van der Waals surface area contributed by atoms with Crippen molar-refractivity contribution in [2.24, 2.45) is 0 Å². The van der Waals surface area contributed by atoms with E-state index < -0.39 is 22.7 Å². The Balaban J connectivity index is 1.82. The molecule has 3 rings (SSSR count). The van der Waals surface area contributed by atoms with E-state index in [1.54, 1.807) is 6.07 Å². The Labute approximate surface area is 157 Å². The average molecular weight is 391 g/mol. The highest BCUT2D eigenvalue weighted by Crippen LogP contribution is 2.24. The predicted octanol–water partition coefficient (Wildman–Crippen LogP) is 2.84. The Morgan fingerprint density at radius 3 is 2.89 bits per heavy atom. The molecule has 1 amide bonds. The van der Waals surface area contributed by atoms with Gasteiger partial charge in [0.15, 0.2) is 5.65 Å². The number of aromatic amines is 1. The second-order valence-electron chi connectivity index (χ2n) is 5.65. The van der Waals surface area contributed by atoms with E-state index in [1.165, 1.54) is 25.4 Å². The second kappa shape index (κ2) is 8.12. The maximum atomic E-state index is 14.1. The topological polar surface area (TPSA) is 109 Å². The van der Waals surface area contributed by atoms with Crippen LogP contribution in [-0.2, 0) is 11.0 Å². The number of aromatic nitrogens is 3. The number of carbonyl (C=O) groups is 1. The van der Waals surface area contributed by atoms with Crippen LogP contribution in [0, 0.1) is 5.82 Å². The van der Waals surface area contributed by atoms with Crippen LogP contribution in [0.1, 0.15) is 23.7 Å². The number of fused-ring (bicyclic) bond motifs is 1. The first-order valence-electron chi connectivity index (χ1n) is 8.16. The zero-order valence-electron chi connectivity index (χ0n) is 14.7. The fourth-order valence-electron chi connectivity index (χ4n) is 2.43. The lowest BCUT2D eigenvalue weighted by Gasteiger charge is -2.09. The number of anilines is 2. The summed E-state index contributed by atoms with van der Waals surface area (Å²) in [6, 6.07) is 5.53. The summed E-state index contributed by atoms with van der Waals surface area (Å²) in [5, 5.41) is 9.82. The molecule has 0 bridgehead atoms. The summed E-state index contributed by atoms with van der Waals surface area (Å²) in [5.74, 6) is -0.545. The summed E-state index contributed by atoms with van der Waals surface area (Å²) in [4.78, 5) is 16.6. The van der Waals surface area contributed by atoms with Crippen molar-refractivity contribution in [2.75, 3.05) is 22.9 Å². The van der Waals surface area contributed by atoms with Gasteiger partial charge in [-0.1, -0.05) is 6.92 Å². The number of halogens is 1. The molecule has 142 valence electrons. The molecule has 0 radical (unpaired) electrons. The van der Waals surface area contributed by atoms with Crippen LogP contribution < -0.4 is 14.8 Å². The fourth-order valence-corrected chi connectivity index (χ4v) is 3.30. The molecule has 27 heavy (non-hydrogen) atoms. The molecule has 0 fully saturated rings. The lowest BCUT2D eigenvalue weighted by atomic mass is 10.1. The summed E-state index contributed by atoms with van der Waals surface area (Å²) in [5.41, 5.74) is 1.09. The normalized spacial score (nSPS) is 12.0. The predicted molar refractivity (Wildman–Crippen MR) is 102 cm³/mol. The van der Waals surface area contributed by atoms with Gasteiger partial charge in [-0.25, -0.2) is 13.6 Å². The molecule has 0 aliphatic rings. The van der Waals surface area contributed by atoms with Crippen molar-refractivity contribution in [1.29, 1.82) is 0 Å². The van der Waals surface area contributed by atoms with Gasteiger partial charge in [0, 0.05) is 11.4 Å². The van der Waals surface area contributed by atoms with Crippen molar-refractivity contribution in [3.8, 4) is 5.88 Å². The number of H-pyrrole nitrogens is 1. The number of amides is 1. The maximum Gasteiger partial charge on any atom is 0.258 e. The van der Waals surface area contributed by atoms with Gasteiger partial charge in [-0.3, -0.25) is 9.89 Å². The van der Waals surface area contributed by atoms with Crippen LogP contribution in [0.15, 0.2) is 30.5 Å². The molecule has 8 nitrogen and oxygen atoms in total. The summed E-state index contributed by atoms with van der Waals surface area (Å²) < 4.78 is 33.8. The van der Waals surface area contributed by atoms with E-state index in [1.807, 2.05) is 6.92 Å². The second-order valence-corrected chi connectivity index (χ2v) is 6.96. The van der Waals surface area contributed by atoms with E-state index in [0.29, 0.717) is 34.0 Å². The lowest BCUT2D eigenvalue weighted by Crippen LogP contribution is -2.15. The van der Waals surface area contributed by atoms with Crippen LogP contribution in [0.2, 0.25) is 0 Å². The van der Waals surface area contributed by atoms with Crippen LogP contribution in [0.25, 0.3) is 11.0 Å². The van der Waals surface area contributed by atoms with E-state index in [0.717, 1.165) is 12.5 Å². The number of hydrogen-bond donors (Lipinski definition) is 3. The molecule has 1 unspecified atom stereocenters. The van der Waals surface area contributed by atoms with E-state index >= 15 is 0 Å². The molecule has 0 aliphatic carbocycles. The summed E-state index contributed by atoms with van der Waals surface area (Å²) >= 11 is 0. The third kappa shape index (κ3) is 4.22. The molecule has 0 spiro atoms. The average Bonchev–Trinajstić information content (AvgIpc) is 3.05. The SMILES string of the molecule is CCCS(=O)Nc1ccc(F)c(C(=O)Nc2cnc3[nH]nc(OC)c3c2)c1. The number of rotatable bonds is 7. The molecule has 1 atom stereocenters. The molecule has 3 N–H and O–H groups in total. The van der Waals surface area contributed by atoms with E-state index in [2.05, 4.69) is 25.2 Å². The van der Waals surface area contributed by atoms with Gasteiger partial charge in [0.05, 0.1) is 29.9 Å². The summed E-state index contributed by atoms with van der Waals surface area (Å²) in [6.07, 6.45) is 2.16. The van der Waals surface area contributed by atoms with Crippen LogP contribution >= 0.6 is 0 Å². The number of pyridine rings is 1. The maximum absolute atomic E-state index is 14.1. The molecule has 3 aromatic rings. The monoisotopic (exact) mass is 391 g/mol. The van der Waals surface area contributed by atoms with Crippen LogP contribution in [0.5, 0.6) is 5.88 Å². The molecular weight excluding hydrogens is 373 g/mol. The van der Waals surface area contributed by atoms with Gasteiger partial charge in [-0.15, -0.1) is 5.10 Å². The lowest BCUT2D eigenvalue weighted by molar-refractivity contribution is 0.102. The van der Waals surface area contributed by atoms with Crippen molar-refractivity contribution in [2.45, 2.75) is 13.3 Å². The number of hydrogen-bond acceptors (Lipinski definition) is 5. The van der Waals surface area contributed by atoms with Gasteiger partial charge < -0.3 is 14.8 Å². The molecule has 0 saturated heterocycles. The van der Waals surface area contributed by atoms with Crippen LogP contribution in [-0.4, -0.2) is 38.2 Å². The zero-order valence-corrected chi connectivity index (χ0v) is 15.5.